The molecule has 0 fully saturated rings. The molecule has 0 saturated heterocycles. The van der Waals surface area contributed by atoms with E-state index in [-0.39, 0.29) is 11.1 Å². The summed E-state index contributed by atoms with van der Waals surface area (Å²) < 4.78 is 0. The van der Waals surface area contributed by atoms with Crippen LogP contribution in [0.1, 0.15) is 26.3 Å². The highest BCUT2D eigenvalue weighted by Gasteiger charge is 2.11. The molecule has 21 heavy (non-hydrogen) atoms. The van der Waals surface area contributed by atoms with Gasteiger partial charge < -0.3 is 21.3 Å². The van der Waals surface area contributed by atoms with Crippen LogP contribution in [0.5, 0.6) is 0 Å². The molecule has 0 spiro atoms. The van der Waals surface area contributed by atoms with Gasteiger partial charge in [0.25, 0.3) is 0 Å². The number of nitrogens with one attached hydrogen (secondary N) is 1. The Morgan fingerprint density at radius 2 is 1.48 bits per heavy atom. The Kier molecular flexibility index (Phi) is 4.08. The zero-order valence-corrected chi connectivity index (χ0v) is 11.0. The van der Waals surface area contributed by atoms with Gasteiger partial charge in [-0.25, -0.2) is 9.59 Å². The molecule has 0 amide bonds. The van der Waals surface area contributed by atoms with E-state index in [0.29, 0.717) is 17.9 Å². The highest BCUT2D eigenvalue weighted by molar-refractivity contribution is 5.95. The zero-order chi connectivity index (χ0) is 15.4. The smallest absolute Gasteiger partial charge is 0.335 e. The van der Waals surface area contributed by atoms with Gasteiger partial charge in [0.1, 0.15) is 0 Å². The van der Waals surface area contributed by atoms with Gasteiger partial charge in [-0.1, -0.05) is 12.1 Å². The largest absolute Gasteiger partial charge is 0.478 e. The second kappa shape index (κ2) is 5.96. The van der Waals surface area contributed by atoms with Crippen LogP contribution in [0.3, 0.4) is 0 Å². The lowest BCUT2D eigenvalue weighted by Crippen LogP contribution is -2.06. The minimum absolute atomic E-state index is 0.0743. The van der Waals surface area contributed by atoms with Crippen molar-refractivity contribution >= 4 is 23.3 Å². The van der Waals surface area contributed by atoms with Gasteiger partial charge in [0.15, 0.2) is 0 Å². The summed E-state index contributed by atoms with van der Waals surface area (Å²) in [5, 5.41) is 21.0. The maximum absolute atomic E-state index is 11.0. The summed E-state index contributed by atoms with van der Waals surface area (Å²) in [6.45, 7) is 0.433. The number of benzene rings is 2. The van der Waals surface area contributed by atoms with Gasteiger partial charge in [-0.05, 0) is 35.9 Å². The first kappa shape index (κ1) is 14.4. The van der Waals surface area contributed by atoms with E-state index in [9.17, 15) is 9.59 Å². The Bertz CT molecular complexity index is 648. The van der Waals surface area contributed by atoms with Gasteiger partial charge in [0.05, 0.1) is 11.1 Å². The lowest BCUT2D eigenvalue weighted by atomic mass is 10.1. The molecule has 0 saturated carbocycles. The van der Waals surface area contributed by atoms with Crippen LogP contribution in [0, 0.1) is 0 Å². The third kappa shape index (κ3) is 3.73. The minimum Gasteiger partial charge on any atom is -0.478 e. The van der Waals surface area contributed by atoms with Gasteiger partial charge in [-0.2, -0.15) is 0 Å². The Labute approximate surface area is 120 Å². The molecular weight excluding hydrogens is 272 g/mol. The fraction of sp³-hybridized carbons (Fsp3) is 0.0667. The molecule has 0 radical (unpaired) electrons. The average molecular weight is 286 g/mol. The fourth-order valence-corrected chi connectivity index (χ4v) is 1.82. The van der Waals surface area contributed by atoms with E-state index < -0.39 is 11.9 Å². The van der Waals surface area contributed by atoms with Crippen LogP contribution in [0.4, 0.5) is 11.4 Å². The molecule has 2 rings (SSSR count). The van der Waals surface area contributed by atoms with Gasteiger partial charge in [0, 0.05) is 17.9 Å². The Hall–Kier alpha value is -3.02. The van der Waals surface area contributed by atoms with Gasteiger partial charge in [-0.15, -0.1) is 0 Å². The van der Waals surface area contributed by atoms with Crippen molar-refractivity contribution in [2.45, 2.75) is 6.54 Å². The number of anilines is 2. The first-order valence-corrected chi connectivity index (χ1v) is 6.15. The highest BCUT2D eigenvalue weighted by Crippen LogP contribution is 2.17. The number of hydrogen-bond donors (Lipinski definition) is 4. The van der Waals surface area contributed by atoms with Crippen molar-refractivity contribution in [2.75, 3.05) is 11.1 Å². The molecule has 0 unspecified atom stereocenters. The van der Waals surface area contributed by atoms with Crippen LogP contribution in [-0.2, 0) is 6.54 Å². The summed E-state index contributed by atoms with van der Waals surface area (Å²) in [7, 11) is 0. The summed E-state index contributed by atoms with van der Waals surface area (Å²) in [5.41, 5.74) is 7.47. The van der Waals surface area contributed by atoms with Crippen molar-refractivity contribution in [3.63, 3.8) is 0 Å². The first-order valence-electron chi connectivity index (χ1n) is 6.15. The maximum Gasteiger partial charge on any atom is 0.335 e. The summed E-state index contributed by atoms with van der Waals surface area (Å²) in [6.07, 6.45) is 0. The maximum atomic E-state index is 11.0. The first-order chi connectivity index (χ1) is 9.95. The van der Waals surface area contributed by atoms with Crippen molar-refractivity contribution in [1.82, 2.24) is 0 Å². The van der Waals surface area contributed by atoms with Crippen LogP contribution in [-0.4, -0.2) is 22.2 Å². The summed E-state index contributed by atoms with van der Waals surface area (Å²) in [5.74, 6) is -2.35. The predicted octanol–water partition coefficient (Wildman–Crippen LogP) is 2.28. The third-order valence-corrected chi connectivity index (χ3v) is 2.90. The van der Waals surface area contributed by atoms with E-state index in [1.54, 1.807) is 12.1 Å². The normalized spacial score (nSPS) is 10.1. The van der Waals surface area contributed by atoms with Gasteiger partial charge >= 0.3 is 11.9 Å². The SMILES string of the molecule is Nc1ccc(CNc2cc(C(=O)O)cc(C(=O)O)c2)cc1. The monoisotopic (exact) mass is 286 g/mol. The van der Waals surface area contributed by atoms with Crippen molar-refractivity contribution in [3.05, 3.63) is 59.2 Å². The van der Waals surface area contributed by atoms with E-state index in [0.717, 1.165) is 11.6 Å². The number of nitrogen functional groups attached to an aromatic ring is 1. The van der Waals surface area contributed by atoms with E-state index in [1.807, 2.05) is 12.1 Å². The number of carbonyl (C=O) groups is 2. The van der Waals surface area contributed by atoms with E-state index in [2.05, 4.69) is 5.32 Å². The molecular formula is C15H14N2O4. The van der Waals surface area contributed by atoms with Crippen LogP contribution in [0.2, 0.25) is 0 Å². The second-order valence-corrected chi connectivity index (χ2v) is 4.50. The lowest BCUT2D eigenvalue weighted by molar-refractivity contribution is 0.0696. The molecule has 2 aromatic rings. The zero-order valence-electron chi connectivity index (χ0n) is 11.0. The summed E-state index contributed by atoms with van der Waals surface area (Å²) >= 11 is 0. The molecule has 0 aliphatic heterocycles. The molecule has 0 aliphatic rings. The molecule has 0 aliphatic carbocycles. The van der Waals surface area contributed by atoms with Crippen molar-refractivity contribution in [3.8, 4) is 0 Å². The fourth-order valence-electron chi connectivity index (χ4n) is 1.82. The molecule has 2 aromatic carbocycles. The third-order valence-electron chi connectivity index (χ3n) is 2.90. The van der Waals surface area contributed by atoms with Crippen molar-refractivity contribution < 1.29 is 19.8 Å². The van der Waals surface area contributed by atoms with Crippen molar-refractivity contribution in [1.29, 1.82) is 0 Å². The van der Waals surface area contributed by atoms with Crippen LogP contribution >= 0.6 is 0 Å². The Balaban J connectivity index is 2.20. The molecule has 0 atom stereocenters. The van der Waals surface area contributed by atoms with E-state index >= 15 is 0 Å². The molecule has 0 bridgehead atoms. The van der Waals surface area contributed by atoms with Crippen LogP contribution in [0.25, 0.3) is 0 Å². The Morgan fingerprint density at radius 3 is 1.95 bits per heavy atom. The van der Waals surface area contributed by atoms with Crippen LogP contribution in [0.15, 0.2) is 42.5 Å². The molecule has 5 N–H and O–H groups in total. The number of nitrogens with two attached hydrogens (primary N) is 1. The minimum atomic E-state index is -1.17. The number of aromatic carboxylic acids is 2. The predicted molar refractivity (Wildman–Crippen MR) is 78.5 cm³/mol. The van der Waals surface area contributed by atoms with E-state index in [4.69, 9.17) is 15.9 Å². The molecule has 6 heteroatoms. The number of carboxylic acid groups (broad SMARTS) is 2. The summed E-state index contributed by atoms with van der Waals surface area (Å²) in [4.78, 5) is 22.0. The topological polar surface area (TPSA) is 113 Å². The second-order valence-electron chi connectivity index (χ2n) is 4.50. The quantitative estimate of drug-likeness (QED) is 0.627. The summed E-state index contributed by atoms with van der Waals surface area (Å²) in [6, 6.07) is 11.1. The molecule has 0 aromatic heterocycles. The highest BCUT2D eigenvalue weighted by atomic mass is 16.4. The standard InChI is InChI=1S/C15H14N2O4/c16-12-3-1-9(2-4-12)8-17-13-6-10(14(18)19)5-11(7-13)15(20)21/h1-7,17H,8,16H2,(H,18,19)(H,20,21). The lowest BCUT2D eigenvalue weighted by Gasteiger charge is -2.09. The molecule has 6 nitrogen and oxygen atoms in total. The number of carboxylic acids is 2. The molecule has 108 valence electrons. The number of rotatable bonds is 5. The van der Waals surface area contributed by atoms with Gasteiger partial charge in [-0.3, -0.25) is 0 Å². The van der Waals surface area contributed by atoms with E-state index in [1.165, 1.54) is 12.1 Å². The van der Waals surface area contributed by atoms with Gasteiger partial charge in [0.2, 0.25) is 0 Å². The Morgan fingerprint density at radius 1 is 0.952 bits per heavy atom. The van der Waals surface area contributed by atoms with Crippen molar-refractivity contribution in [2.24, 2.45) is 0 Å². The molecule has 0 heterocycles. The van der Waals surface area contributed by atoms with Crippen LogP contribution < -0.4 is 11.1 Å². The number of hydrogen-bond acceptors (Lipinski definition) is 4. The average Bonchev–Trinajstić information content (AvgIpc) is 2.46.